The normalized spacial score (nSPS) is 11.0. The summed E-state index contributed by atoms with van der Waals surface area (Å²) < 4.78 is 47.3. The van der Waals surface area contributed by atoms with Crippen LogP contribution in [0.2, 0.25) is 0 Å². The zero-order valence-corrected chi connectivity index (χ0v) is 21.1. The van der Waals surface area contributed by atoms with E-state index in [1.807, 2.05) is 0 Å². The van der Waals surface area contributed by atoms with E-state index >= 15 is 0 Å². The largest absolute Gasteiger partial charge is 0.492 e. The molecular weight excluding hydrogens is 511 g/mol. The Balaban J connectivity index is 1.44. The number of aromatic nitrogens is 1. The number of rotatable bonds is 9. The van der Waals surface area contributed by atoms with E-state index in [2.05, 4.69) is 21.7 Å². The minimum absolute atomic E-state index is 0.00800. The van der Waals surface area contributed by atoms with Crippen LogP contribution < -0.4 is 20.1 Å². The lowest BCUT2D eigenvalue weighted by molar-refractivity contribution is 0.262. The molecule has 0 aliphatic rings. The lowest BCUT2D eigenvalue weighted by atomic mass is 10.1. The molecule has 11 heteroatoms. The summed E-state index contributed by atoms with van der Waals surface area (Å²) in [6, 6.07) is 18.6. The van der Waals surface area contributed by atoms with Crippen LogP contribution in [-0.4, -0.2) is 38.0 Å². The second-order valence-corrected chi connectivity index (χ2v) is 10.6. The van der Waals surface area contributed by atoms with Crippen LogP contribution >= 0.6 is 0 Å². The van der Waals surface area contributed by atoms with Crippen LogP contribution in [0.5, 0.6) is 17.2 Å². The molecule has 2 N–H and O–H groups in total. The van der Waals surface area contributed by atoms with E-state index < -0.39 is 21.7 Å². The number of nitrogens with one attached hydrogen (secondary N) is 2. The van der Waals surface area contributed by atoms with Crippen molar-refractivity contribution in [1.29, 1.82) is 5.26 Å². The lowest BCUT2D eigenvalue weighted by Crippen LogP contribution is -2.19. The number of nitrogens with zero attached hydrogens (tertiary/aromatic N) is 2. The third-order valence-electron chi connectivity index (χ3n) is 5.28. The minimum atomic E-state index is -3.10. The number of nitriles is 1. The average Bonchev–Trinajstić information content (AvgIpc) is 2.88. The van der Waals surface area contributed by atoms with Crippen molar-refractivity contribution in [3.8, 4) is 23.3 Å². The number of pyridine rings is 1. The second kappa shape index (κ2) is 11.6. The fraction of sp³-hybridized carbons (Fsp3) is 0.148. The monoisotopic (exact) mass is 534 g/mol. The smallest absolute Gasteiger partial charge is 0.323 e. The van der Waals surface area contributed by atoms with Gasteiger partial charge in [0.2, 0.25) is 0 Å². The fourth-order valence-corrected chi connectivity index (χ4v) is 4.15. The van der Waals surface area contributed by atoms with Crippen LogP contribution in [0.3, 0.4) is 0 Å². The van der Waals surface area contributed by atoms with Crippen LogP contribution in [0.25, 0.3) is 10.9 Å². The SMILES string of the molecule is CS(=O)(=O)CCCOc1cc2nccc(Oc3ccc(NC(=O)Nc4ccc(F)cc4)cc3)c2cc1C#N. The molecule has 0 fully saturated rings. The summed E-state index contributed by atoms with van der Waals surface area (Å²) in [4.78, 5) is 16.5. The van der Waals surface area contributed by atoms with Crippen molar-refractivity contribution < 1.29 is 27.1 Å². The second-order valence-electron chi connectivity index (χ2n) is 8.33. The molecule has 9 nitrogen and oxygen atoms in total. The number of urea groups is 1. The van der Waals surface area contributed by atoms with Gasteiger partial charge >= 0.3 is 6.03 Å². The highest BCUT2D eigenvalue weighted by Gasteiger charge is 2.12. The predicted octanol–water partition coefficient (Wildman–Crippen LogP) is 5.50. The standard InChI is InChI=1S/C27H23FN4O5S/c1-38(34,35)14-2-13-36-26-16-24-23(15-18(26)17-29)25(11-12-30-24)37-22-9-7-21(8-10-22)32-27(33)31-20-5-3-19(28)4-6-20/h3-12,15-16H,2,13-14H2,1H3,(H2,31,32,33). The molecule has 4 rings (SSSR count). The maximum absolute atomic E-state index is 13.0. The molecule has 0 aliphatic heterocycles. The minimum Gasteiger partial charge on any atom is -0.492 e. The van der Waals surface area contributed by atoms with Gasteiger partial charge in [-0.1, -0.05) is 0 Å². The first kappa shape index (κ1) is 26.4. The number of fused-ring (bicyclic) bond motifs is 1. The number of benzene rings is 3. The quantitative estimate of drug-likeness (QED) is 0.271. The number of ether oxygens (including phenoxy) is 2. The van der Waals surface area contributed by atoms with Gasteiger partial charge in [-0.2, -0.15) is 5.26 Å². The summed E-state index contributed by atoms with van der Waals surface area (Å²) in [7, 11) is -3.10. The molecule has 2 amide bonds. The van der Waals surface area contributed by atoms with Crippen LogP contribution in [0, 0.1) is 17.1 Å². The van der Waals surface area contributed by atoms with Gasteiger partial charge in [0.05, 0.1) is 23.4 Å². The summed E-state index contributed by atoms with van der Waals surface area (Å²) in [5.74, 6) is 0.860. The first-order valence-corrected chi connectivity index (χ1v) is 13.5. The van der Waals surface area contributed by atoms with Gasteiger partial charge < -0.3 is 20.1 Å². The number of hydrogen-bond acceptors (Lipinski definition) is 7. The van der Waals surface area contributed by atoms with E-state index in [4.69, 9.17) is 9.47 Å². The van der Waals surface area contributed by atoms with E-state index in [0.29, 0.717) is 45.9 Å². The maximum Gasteiger partial charge on any atom is 0.323 e. The first-order chi connectivity index (χ1) is 18.2. The Morgan fingerprint density at radius 1 is 1.00 bits per heavy atom. The number of anilines is 2. The Kier molecular flexibility index (Phi) is 8.03. The summed E-state index contributed by atoms with van der Waals surface area (Å²) in [5.41, 5.74) is 1.77. The van der Waals surface area contributed by atoms with Gasteiger partial charge in [-0.05, 0) is 67.1 Å². The van der Waals surface area contributed by atoms with Crippen LogP contribution in [0.1, 0.15) is 12.0 Å². The fourth-order valence-electron chi connectivity index (χ4n) is 3.51. The molecule has 0 radical (unpaired) electrons. The molecule has 0 saturated carbocycles. The Hall–Kier alpha value is -4.69. The van der Waals surface area contributed by atoms with Gasteiger partial charge in [-0.3, -0.25) is 4.98 Å². The first-order valence-electron chi connectivity index (χ1n) is 11.4. The zero-order chi connectivity index (χ0) is 27.1. The molecule has 0 spiro atoms. The number of carbonyl (C=O) groups is 1. The molecule has 0 saturated heterocycles. The van der Waals surface area contributed by atoms with Crippen molar-refractivity contribution in [2.24, 2.45) is 0 Å². The Morgan fingerprint density at radius 2 is 1.66 bits per heavy atom. The van der Waals surface area contributed by atoms with Crippen molar-refractivity contribution in [3.05, 3.63) is 84.3 Å². The van der Waals surface area contributed by atoms with Crippen molar-refractivity contribution in [3.63, 3.8) is 0 Å². The summed E-state index contributed by atoms with van der Waals surface area (Å²) in [5, 5.41) is 15.5. The molecule has 0 bridgehead atoms. The number of sulfone groups is 1. The highest BCUT2D eigenvalue weighted by atomic mass is 32.2. The molecule has 0 atom stereocenters. The average molecular weight is 535 g/mol. The zero-order valence-electron chi connectivity index (χ0n) is 20.3. The Labute approximate surface area is 218 Å². The molecule has 38 heavy (non-hydrogen) atoms. The molecule has 194 valence electrons. The van der Waals surface area contributed by atoms with E-state index in [0.717, 1.165) is 6.26 Å². The van der Waals surface area contributed by atoms with Crippen molar-refractivity contribution in [2.45, 2.75) is 6.42 Å². The van der Waals surface area contributed by atoms with Crippen molar-refractivity contribution in [1.82, 2.24) is 4.98 Å². The molecule has 4 aromatic rings. The van der Waals surface area contributed by atoms with Gasteiger partial charge in [-0.15, -0.1) is 0 Å². The number of carbonyl (C=O) groups excluding carboxylic acids is 1. The third kappa shape index (κ3) is 7.18. The summed E-state index contributed by atoms with van der Waals surface area (Å²) >= 11 is 0. The van der Waals surface area contributed by atoms with E-state index in [-0.39, 0.29) is 17.9 Å². The molecule has 3 aromatic carbocycles. The van der Waals surface area contributed by atoms with Gasteiger partial charge in [0, 0.05) is 35.3 Å². The maximum atomic E-state index is 13.0. The molecule has 1 aromatic heterocycles. The van der Waals surface area contributed by atoms with Gasteiger partial charge in [0.25, 0.3) is 0 Å². The molecule has 0 unspecified atom stereocenters. The number of amides is 2. The Bertz CT molecular complexity index is 1600. The van der Waals surface area contributed by atoms with E-state index in [9.17, 15) is 22.9 Å². The van der Waals surface area contributed by atoms with Crippen molar-refractivity contribution >= 4 is 38.1 Å². The number of halogens is 1. The summed E-state index contributed by atoms with van der Waals surface area (Å²) in [6.07, 6.45) is 3.02. The molecular formula is C27H23FN4O5S. The summed E-state index contributed by atoms with van der Waals surface area (Å²) in [6.45, 7) is 0.145. The van der Waals surface area contributed by atoms with Crippen LogP contribution in [0.4, 0.5) is 20.6 Å². The van der Waals surface area contributed by atoms with Gasteiger partial charge in [-0.25, -0.2) is 17.6 Å². The number of hydrogen-bond donors (Lipinski definition) is 2. The third-order valence-corrected chi connectivity index (χ3v) is 6.31. The van der Waals surface area contributed by atoms with Gasteiger partial charge in [0.1, 0.15) is 39.0 Å². The lowest BCUT2D eigenvalue weighted by Gasteiger charge is -2.12. The molecule has 1 heterocycles. The van der Waals surface area contributed by atoms with Crippen LogP contribution in [0.15, 0.2) is 72.9 Å². The van der Waals surface area contributed by atoms with Crippen molar-refractivity contribution in [2.75, 3.05) is 29.2 Å². The predicted molar refractivity (Wildman–Crippen MR) is 142 cm³/mol. The van der Waals surface area contributed by atoms with Gasteiger partial charge in [0.15, 0.2) is 0 Å². The Morgan fingerprint density at radius 3 is 2.29 bits per heavy atom. The van der Waals surface area contributed by atoms with Crippen LogP contribution in [-0.2, 0) is 9.84 Å². The van der Waals surface area contributed by atoms with E-state index in [1.165, 1.54) is 24.3 Å². The highest BCUT2D eigenvalue weighted by molar-refractivity contribution is 7.90. The molecule has 0 aliphatic carbocycles. The van der Waals surface area contributed by atoms with E-state index in [1.54, 1.807) is 48.7 Å². The topological polar surface area (TPSA) is 130 Å². The highest BCUT2D eigenvalue weighted by Crippen LogP contribution is 2.33.